The third kappa shape index (κ3) is 6.77. The zero-order chi connectivity index (χ0) is 15.7. The van der Waals surface area contributed by atoms with Crippen LogP contribution in [0.4, 0.5) is 0 Å². The van der Waals surface area contributed by atoms with E-state index >= 15 is 0 Å². The highest BCUT2D eigenvalue weighted by Gasteiger charge is 2.07. The van der Waals surface area contributed by atoms with Gasteiger partial charge in [-0.3, -0.25) is 9.69 Å². The lowest BCUT2D eigenvalue weighted by atomic mass is 10.2. The highest BCUT2D eigenvalue weighted by Crippen LogP contribution is 2.16. The molecule has 0 aromatic heterocycles. The summed E-state index contributed by atoms with van der Waals surface area (Å²) in [6.07, 6.45) is 0. The lowest BCUT2D eigenvalue weighted by Crippen LogP contribution is -2.38. The molecular formula is C16H23N3O2. The highest BCUT2D eigenvalue weighted by molar-refractivity contribution is 5.77. The van der Waals surface area contributed by atoms with E-state index in [1.54, 1.807) is 18.2 Å². The Balaban J connectivity index is 2.29. The van der Waals surface area contributed by atoms with E-state index in [1.165, 1.54) is 0 Å². The molecule has 0 unspecified atom stereocenters. The second kappa shape index (κ2) is 8.98. The molecule has 0 atom stereocenters. The molecule has 0 saturated heterocycles. The van der Waals surface area contributed by atoms with Crippen LogP contribution < -0.4 is 10.1 Å². The fraction of sp³-hybridized carbons (Fsp3) is 0.500. The van der Waals surface area contributed by atoms with E-state index in [2.05, 4.69) is 25.2 Å². The van der Waals surface area contributed by atoms with Crippen molar-refractivity contribution in [3.8, 4) is 11.8 Å². The van der Waals surface area contributed by atoms with Gasteiger partial charge in [-0.05, 0) is 25.1 Å². The molecule has 0 heterocycles. The molecule has 1 aromatic carbocycles. The van der Waals surface area contributed by atoms with E-state index < -0.39 is 0 Å². The molecule has 114 valence electrons. The lowest BCUT2D eigenvalue weighted by Gasteiger charge is -2.17. The summed E-state index contributed by atoms with van der Waals surface area (Å²) in [5.74, 6) is 1.05. The number of hydrogen-bond donors (Lipinski definition) is 1. The summed E-state index contributed by atoms with van der Waals surface area (Å²) >= 11 is 0. The first-order valence-corrected chi connectivity index (χ1v) is 7.10. The van der Waals surface area contributed by atoms with Gasteiger partial charge >= 0.3 is 0 Å². The van der Waals surface area contributed by atoms with E-state index in [9.17, 15) is 4.79 Å². The Kier molecular flexibility index (Phi) is 7.27. The van der Waals surface area contributed by atoms with Gasteiger partial charge in [0.15, 0.2) is 0 Å². The standard InChI is InChI=1S/C16H23N3O2/c1-13(2)11-18-16(20)12-19(3)8-9-21-15-7-5-4-6-14(15)10-17/h4-7,13H,8-9,11-12H2,1-3H3,(H,18,20). The van der Waals surface area contributed by atoms with Gasteiger partial charge in [-0.15, -0.1) is 0 Å². The summed E-state index contributed by atoms with van der Waals surface area (Å²) in [4.78, 5) is 13.5. The summed E-state index contributed by atoms with van der Waals surface area (Å²) in [6.45, 7) is 6.21. The van der Waals surface area contributed by atoms with Gasteiger partial charge in [-0.1, -0.05) is 26.0 Å². The first kappa shape index (κ1) is 17.0. The smallest absolute Gasteiger partial charge is 0.234 e. The molecule has 0 fully saturated rings. The number of carbonyl (C=O) groups is 1. The van der Waals surface area contributed by atoms with Gasteiger partial charge in [0.05, 0.1) is 12.1 Å². The molecule has 0 radical (unpaired) electrons. The second-order valence-electron chi connectivity index (χ2n) is 5.39. The Hall–Kier alpha value is -2.06. The maximum absolute atomic E-state index is 11.7. The van der Waals surface area contributed by atoms with E-state index in [-0.39, 0.29) is 5.91 Å². The van der Waals surface area contributed by atoms with Crippen LogP contribution in [0.25, 0.3) is 0 Å². The van der Waals surface area contributed by atoms with Gasteiger partial charge in [-0.25, -0.2) is 0 Å². The van der Waals surface area contributed by atoms with Crippen LogP contribution in [0.5, 0.6) is 5.75 Å². The molecule has 0 aliphatic carbocycles. The molecule has 0 spiro atoms. The van der Waals surface area contributed by atoms with E-state index in [1.807, 2.05) is 18.0 Å². The summed E-state index contributed by atoms with van der Waals surface area (Å²) in [5, 5.41) is 11.8. The minimum atomic E-state index is 0.0172. The summed E-state index contributed by atoms with van der Waals surface area (Å²) in [5.41, 5.74) is 0.523. The van der Waals surface area contributed by atoms with Crippen molar-refractivity contribution in [1.29, 1.82) is 5.26 Å². The van der Waals surface area contributed by atoms with E-state index in [4.69, 9.17) is 10.00 Å². The number of rotatable bonds is 8. The van der Waals surface area contributed by atoms with Gasteiger partial charge in [0.1, 0.15) is 18.4 Å². The van der Waals surface area contributed by atoms with Gasteiger partial charge in [0, 0.05) is 13.1 Å². The lowest BCUT2D eigenvalue weighted by molar-refractivity contribution is -0.122. The number of ether oxygens (including phenoxy) is 1. The van der Waals surface area contributed by atoms with Crippen LogP contribution in [0.15, 0.2) is 24.3 Å². The SMILES string of the molecule is CC(C)CNC(=O)CN(C)CCOc1ccccc1C#N. The van der Waals surface area contributed by atoms with Crippen LogP contribution in [-0.2, 0) is 4.79 Å². The number of nitrogens with one attached hydrogen (secondary N) is 1. The molecule has 1 amide bonds. The Labute approximate surface area is 126 Å². The fourth-order valence-corrected chi connectivity index (χ4v) is 1.69. The molecule has 1 rings (SSSR count). The van der Waals surface area contributed by atoms with Crippen molar-refractivity contribution in [3.63, 3.8) is 0 Å². The fourth-order valence-electron chi connectivity index (χ4n) is 1.69. The predicted molar refractivity (Wildman–Crippen MR) is 82.0 cm³/mol. The highest BCUT2D eigenvalue weighted by atomic mass is 16.5. The molecule has 5 heteroatoms. The summed E-state index contributed by atoms with van der Waals surface area (Å²) < 4.78 is 5.58. The third-order valence-electron chi connectivity index (χ3n) is 2.86. The van der Waals surface area contributed by atoms with E-state index in [0.717, 1.165) is 0 Å². The van der Waals surface area contributed by atoms with Crippen molar-refractivity contribution >= 4 is 5.91 Å². The predicted octanol–water partition coefficient (Wildman–Crippen LogP) is 1.64. The number of para-hydroxylation sites is 1. The van der Waals surface area contributed by atoms with Crippen LogP contribution in [0.1, 0.15) is 19.4 Å². The van der Waals surface area contributed by atoms with Gasteiger partial charge in [0.2, 0.25) is 5.91 Å². The van der Waals surface area contributed by atoms with Gasteiger partial charge in [-0.2, -0.15) is 5.26 Å². The van der Waals surface area contributed by atoms with Crippen molar-refractivity contribution in [2.24, 2.45) is 5.92 Å². The number of carbonyl (C=O) groups excluding carboxylic acids is 1. The van der Waals surface area contributed by atoms with E-state index in [0.29, 0.717) is 43.5 Å². The number of hydrogen-bond acceptors (Lipinski definition) is 4. The number of nitriles is 1. The van der Waals surface area contributed by atoms with Crippen LogP contribution in [0, 0.1) is 17.2 Å². The second-order valence-corrected chi connectivity index (χ2v) is 5.39. The normalized spacial score (nSPS) is 10.5. The minimum absolute atomic E-state index is 0.0172. The van der Waals surface area contributed by atoms with Crippen LogP contribution in [0.2, 0.25) is 0 Å². The van der Waals surface area contributed by atoms with Crippen molar-refractivity contribution < 1.29 is 9.53 Å². The number of benzene rings is 1. The monoisotopic (exact) mass is 289 g/mol. The van der Waals surface area contributed by atoms with Crippen molar-refractivity contribution in [2.45, 2.75) is 13.8 Å². The largest absolute Gasteiger partial charge is 0.491 e. The third-order valence-corrected chi connectivity index (χ3v) is 2.86. The number of nitrogens with zero attached hydrogens (tertiary/aromatic N) is 2. The maximum atomic E-state index is 11.7. The molecular weight excluding hydrogens is 266 g/mol. The Morgan fingerprint density at radius 2 is 2.14 bits per heavy atom. The minimum Gasteiger partial charge on any atom is -0.491 e. The van der Waals surface area contributed by atoms with Gasteiger partial charge < -0.3 is 10.1 Å². The first-order chi connectivity index (χ1) is 10.0. The molecule has 0 bridgehead atoms. The summed E-state index contributed by atoms with van der Waals surface area (Å²) in [6, 6.07) is 9.22. The van der Waals surface area contributed by atoms with Crippen molar-refractivity contribution in [3.05, 3.63) is 29.8 Å². The molecule has 0 saturated carbocycles. The Morgan fingerprint density at radius 1 is 1.43 bits per heavy atom. The summed E-state index contributed by atoms with van der Waals surface area (Å²) in [7, 11) is 1.87. The topological polar surface area (TPSA) is 65.4 Å². The first-order valence-electron chi connectivity index (χ1n) is 7.10. The quantitative estimate of drug-likeness (QED) is 0.790. The zero-order valence-corrected chi connectivity index (χ0v) is 12.9. The number of likely N-dealkylation sites (N-methyl/N-ethyl adjacent to an activating group) is 1. The molecule has 1 aromatic rings. The molecule has 5 nitrogen and oxygen atoms in total. The van der Waals surface area contributed by atoms with Crippen LogP contribution >= 0.6 is 0 Å². The molecule has 0 aliphatic heterocycles. The number of amides is 1. The molecule has 21 heavy (non-hydrogen) atoms. The van der Waals surface area contributed by atoms with Crippen molar-refractivity contribution in [2.75, 3.05) is 33.3 Å². The van der Waals surface area contributed by atoms with Gasteiger partial charge in [0.25, 0.3) is 0 Å². The Bertz CT molecular complexity index is 495. The van der Waals surface area contributed by atoms with Crippen LogP contribution in [0.3, 0.4) is 0 Å². The van der Waals surface area contributed by atoms with Crippen molar-refractivity contribution in [1.82, 2.24) is 10.2 Å². The average Bonchev–Trinajstić information content (AvgIpc) is 2.45. The maximum Gasteiger partial charge on any atom is 0.234 e. The average molecular weight is 289 g/mol. The zero-order valence-electron chi connectivity index (χ0n) is 12.9. The molecule has 1 N–H and O–H groups in total. The van der Waals surface area contributed by atoms with Crippen LogP contribution in [-0.4, -0.2) is 44.1 Å². The Morgan fingerprint density at radius 3 is 2.81 bits per heavy atom. The molecule has 0 aliphatic rings.